The van der Waals surface area contributed by atoms with E-state index in [9.17, 15) is 0 Å². The van der Waals surface area contributed by atoms with Gasteiger partial charge in [0.05, 0.1) is 17.9 Å². The van der Waals surface area contributed by atoms with E-state index in [4.69, 9.17) is 10.00 Å². The van der Waals surface area contributed by atoms with Crippen LogP contribution in [0.5, 0.6) is 0 Å². The molecular weight excluding hydrogens is 280 g/mol. The van der Waals surface area contributed by atoms with E-state index in [0.29, 0.717) is 12.2 Å². The summed E-state index contributed by atoms with van der Waals surface area (Å²) in [6, 6.07) is 7.82. The number of halogens is 1. The van der Waals surface area contributed by atoms with Crippen LogP contribution >= 0.6 is 15.9 Å². The smallest absolute Gasteiger partial charge is 0.101 e. The SMILES string of the molecule is N#Cc1cc(Br)ccc1NCCOCC1CC1. The Balaban J connectivity index is 1.75. The molecule has 1 aliphatic rings. The van der Waals surface area contributed by atoms with Crippen molar-refractivity contribution in [1.29, 1.82) is 5.26 Å². The number of nitrogens with zero attached hydrogens (tertiary/aromatic N) is 1. The van der Waals surface area contributed by atoms with Crippen LogP contribution < -0.4 is 5.32 Å². The van der Waals surface area contributed by atoms with Gasteiger partial charge in [0.15, 0.2) is 0 Å². The van der Waals surface area contributed by atoms with E-state index < -0.39 is 0 Å². The van der Waals surface area contributed by atoms with Crippen molar-refractivity contribution < 1.29 is 4.74 Å². The van der Waals surface area contributed by atoms with Crippen molar-refractivity contribution in [3.05, 3.63) is 28.2 Å². The van der Waals surface area contributed by atoms with Crippen LogP contribution in [0, 0.1) is 17.2 Å². The molecule has 0 saturated heterocycles. The zero-order valence-electron chi connectivity index (χ0n) is 9.58. The predicted octanol–water partition coefficient (Wildman–Crippen LogP) is 3.16. The quantitative estimate of drug-likeness (QED) is 0.820. The highest BCUT2D eigenvalue weighted by molar-refractivity contribution is 9.10. The Hall–Kier alpha value is -1.05. The second-order valence-electron chi connectivity index (χ2n) is 4.25. The Morgan fingerprint density at radius 2 is 2.29 bits per heavy atom. The molecule has 0 heterocycles. The van der Waals surface area contributed by atoms with Crippen LogP contribution in [0.4, 0.5) is 5.69 Å². The van der Waals surface area contributed by atoms with Gasteiger partial charge in [-0.1, -0.05) is 15.9 Å². The number of anilines is 1. The minimum absolute atomic E-state index is 0.654. The molecule has 90 valence electrons. The average molecular weight is 295 g/mol. The van der Waals surface area contributed by atoms with Gasteiger partial charge in [-0.3, -0.25) is 0 Å². The van der Waals surface area contributed by atoms with Crippen LogP contribution in [0.3, 0.4) is 0 Å². The molecule has 0 atom stereocenters. The van der Waals surface area contributed by atoms with Gasteiger partial charge in [-0.2, -0.15) is 5.26 Å². The number of hydrogen-bond donors (Lipinski definition) is 1. The van der Waals surface area contributed by atoms with Crippen LogP contribution in [-0.4, -0.2) is 19.8 Å². The van der Waals surface area contributed by atoms with Crippen LogP contribution in [0.2, 0.25) is 0 Å². The molecule has 17 heavy (non-hydrogen) atoms. The fourth-order valence-corrected chi connectivity index (χ4v) is 1.92. The summed E-state index contributed by atoms with van der Waals surface area (Å²) in [7, 11) is 0. The fraction of sp³-hybridized carbons (Fsp3) is 0.462. The van der Waals surface area contributed by atoms with E-state index in [2.05, 4.69) is 27.3 Å². The van der Waals surface area contributed by atoms with E-state index in [1.807, 2.05) is 18.2 Å². The monoisotopic (exact) mass is 294 g/mol. The van der Waals surface area contributed by atoms with Crippen molar-refractivity contribution in [3.8, 4) is 6.07 Å². The van der Waals surface area contributed by atoms with Crippen molar-refractivity contribution in [1.82, 2.24) is 0 Å². The van der Waals surface area contributed by atoms with Gasteiger partial charge in [-0.25, -0.2) is 0 Å². The van der Waals surface area contributed by atoms with E-state index in [1.54, 1.807) is 0 Å². The fourth-order valence-electron chi connectivity index (χ4n) is 1.56. The largest absolute Gasteiger partial charge is 0.382 e. The highest BCUT2D eigenvalue weighted by Crippen LogP contribution is 2.28. The Morgan fingerprint density at radius 3 is 3.00 bits per heavy atom. The molecule has 3 nitrogen and oxygen atoms in total. The lowest BCUT2D eigenvalue weighted by Gasteiger charge is -2.08. The third-order valence-electron chi connectivity index (χ3n) is 2.71. The molecule has 2 rings (SSSR count). The molecule has 0 bridgehead atoms. The van der Waals surface area contributed by atoms with Crippen molar-refractivity contribution in [2.24, 2.45) is 5.92 Å². The number of nitrogens with one attached hydrogen (secondary N) is 1. The Bertz CT molecular complexity index is 424. The number of ether oxygens (including phenoxy) is 1. The Kier molecular flexibility index (Phi) is 4.41. The van der Waals surface area contributed by atoms with E-state index in [-0.39, 0.29) is 0 Å². The second-order valence-corrected chi connectivity index (χ2v) is 5.16. The summed E-state index contributed by atoms with van der Waals surface area (Å²) in [6.45, 7) is 2.31. The lowest BCUT2D eigenvalue weighted by Crippen LogP contribution is -2.11. The maximum Gasteiger partial charge on any atom is 0.101 e. The van der Waals surface area contributed by atoms with Gasteiger partial charge in [0.1, 0.15) is 6.07 Å². The zero-order valence-corrected chi connectivity index (χ0v) is 11.2. The lowest BCUT2D eigenvalue weighted by molar-refractivity contribution is 0.134. The molecule has 4 heteroatoms. The third kappa shape index (κ3) is 4.03. The molecule has 0 aliphatic heterocycles. The first-order chi connectivity index (χ1) is 8.29. The van der Waals surface area contributed by atoms with Crippen molar-refractivity contribution >= 4 is 21.6 Å². The lowest BCUT2D eigenvalue weighted by atomic mass is 10.2. The van der Waals surface area contributed by atoms with Gasteiger partial charge in [-0.15, -0.1) is 0 Å². The molecule has 1 saturated carbocycles. The molecule has 1 fully saturated rings. The van der Waals surface area contributed by atoms with Gasteiger partial charge in [-0.05, 0) is 37.0 Å². The average Bonchev–Trinajstić information content (AvgIpc) is 3.14. The summed E-state index contributed by atoms with van der Waals surface area (Å²) in [5.74, 6) is 0.803. The van der Waals surface area contributed by atoms with Crippen LogP contribution in [-0.2, 0) is 4.74 Å². The van der Waals surface area contributed by atoms with Gasteiger partial charge < -0.3 is 10.1 Å². The maximum absolute atomic E-state index is 8.98. The first-order valence-electron chi connectivity index (χ1n) is 5.81. The minimum atomic E-state index is 0.654. The summed E-state index contributed by atoms with van der Waals surface area (Å²) in [6.07, 6.45) is 2.64. The molecule has 1 aromatic rings. The standard InChI is InChI=1S/C13H15BrN2O/c14-12-3-4-13(11(7-12)8-15)16-5-6-17-9-10-1-2-10/h3-4,7,10,16H,1-2,5-6,9H2. The minimum Gasteiger partial charge on any atom is -0.382 e. The van der Waals surface area contributed by atoms with E-state index in [0.717, 1.165) is 29.2 Å². The summed E-state index contributed by atoms with van der Waals surface area (Å²) in [4.78, 5) is 0. The summed E-state index contributed by atoms with van der Waals surface area (Å²) in [5, 5.41) is 12.2. The van der Waals surface area contributed by atoms with E-state index >= 15 is 0 Å². The highest BCUT2D eigenvalue weighted by atomic mass is 79.9. The molecule has 0 spiro atoms. The summed E-state index contributed by atoms with van der Waals surface area (Å²) >= 11 is 3.35. The Labute approximate surface area is 110 Å². The van der Waals surface area contributed by atoms with E-state index in [1.165, 1.54) is 12.8 Å². The first kappa shape index (κ1) is 12.4. The van der Waals surface area contributed by atoms with Gasteiger partial charge in [0.25, 0.3) is 0 Å². The van der Waals surface area contributed by atoms with Gasteiger partial charge >= 0.3 is 0 Å². The molecule has 1 N–H and O–H groups in total. The number of rotatable bonds is 6. The van der Waals surface area contributed by atoms with Crippen LogP contribution in [0.1, 0.15) is 18.4 Å². The second kappa shape index (κ2) is 6.04. The molecule has 1 aliphatic carbocycles. The zero-order chi connectivity index (χ0) is 12.1. The maximum atomic E-state index is 8.98. The molecule has 1 aromatic carbocycles. The number of nitriles is 1. The van der Waals surface area contributed by atoms with Gasteiger partial charge in [0, 0.05) is 17.6 Å². The van der Waals surface area contributed by atoms with Crippen molar-refractivity contribution in [2.45, 2.75) is 12.8 Å². The topological polar surface area (TPSA) is 45.0 Å². The molecule has 0 radical (unpaired) electrons. The third-order valence-corrected chi connectivity index (χ3v) is 3.21. The molecule has 0 unspecified atom stereocenters. The molecule has 0 amide bonds. The van der Waals surface area contributed by atoms with Crippen LogP contribution in [0.15, 0.2) is 22.7 Å². The van der Waals surface area contributed by atoms with Crippen molar-refractivity contribution in [2.75, 3.05) is 25.1 Å². The highest BCUT2D eigenvalue weighted by Gasteiger charge is 2.20. The number of hydrogen-bond acceptors (Lipinski definition) is 3. The first-order valence-corrected chi connectivity index (χ1v) is 6.60. The number of benzene rings is 1. The van der Waals surface area contributed by atoms with Crippen LogP contribution in [0.25, 0.3) is 0 Å². The summed E-state index contributed by atoms with van der Waals surface area (Å²) in [5.41, 5.74) is 1.52. The normalized spacial score (nSPS) is 14.4. The summed E-state index contributed by atoms with van der Waals surface area (Å²) < 4.78 is 6.44. The van der Waals surface area contributed by atoms with Crippen molar-refractivity contribution in [3.63, 3.8) is 0 Å². The Morgan fingerprint density at radius 1 is 1.47 bits per heavy atom. The predicted molar refractivity (Wildman–Crippen MR) is 70.9 cm³/mol. The molecule has 0 aromatic heterocycles. The molecular formula is C13H15BrN2O. The van der Waals surface area contributed by atoms with Gasteiger partial charge in [0.2, 0.25) is 0 Å².